The van der Waals surface area contributed by atoms with Crippen LogP contribution in [0, 0.1) is 20.8 Å². The highest BCUT2D eigenvalue weighted by Crippen LogP contribution is 2.27. The number of anilines is 1. The smallest absolute Gasteiger partial charge is 0.264 e. The van der Waals surface area contributed by atoms with Gasteiger partial charge in [-0.25, -0.2) is 13.8 Å². The van der Waals surface area contributed by atoms with E-state index in [1.54, 1.807) is 31.2 Å². The van der Waals surface area contributed by atoms with Gasteiger partial charge in [0.2, 0.25) is 0 Å². The number of nitrogens with zero attached hydrogens (tertiary/aromatic N) is 2. The van der Waals surface area contributed by atoms with Gasteiger partial charge in [0.15, 0.2) is 0 Å². The zero-order chi connectivity index (χ0) is 23.3. The van der Waals surface area contributed by atoms with Gasteiger partial charge in [-0.05, 0) is 62.6 Å². The molecule has 0 aromatic heterocycles. The van der Waals surface area contributed by atoms with Crippen LogP contribution < -0.4 is 9.73 Å². The highest BCUT2D eigenvalue weighted by molar-refractivity contribution is 7.92. The summed E-state index contributed by atoms with van der Waals surface area (Å²) < 4.78 is 28.0. The van der Waals surface area contributed by atoms with E-state index in [1.807, 2.05) is 57.2 Å². The summed E-state index contributed by atoms with van der Waals surface area (Å²) in [5.41, 5.74) is 7.23. The monoisotopic (exact) mass is 449 g/mol. The first-order valence-corrected chi connectivity index (χ1v) is 11.7. The van der Waals surface area contributed by atoms with E-state index in [2.05, 4.69) is 10.5 Å². The molecule has 0 unspecified atom stereocenters. The Labute approximate surface area is 189 Å². The minimum atomic E-state index is -3.96. The first kappa shape index (κ1) is 23.2. The fourth-order valence-electron chi connectivity index (χ4n) is 3.18. The van der Waals surface area contributed by atoms with Crippen LogP contribution in [0.15, 0.2) is 82.8 Å². The number of benzene rings is 3. The molecule has 0 aliphatic carbocycles. The molecular formula is C25H27N3O3S. The number of hydrazone groups is 1. The van der Waals surface area contributed by atoms with Gasteiger partial charge in [-0.2, -0.15) is 5.10 Å². The highest BCUT2D eigenvalue weighted by Gasteiger charge is 2.28. The molecule has 3 aromatic rings. The van der Waals surface area contributed by atoms with E-state index in [1.165, 1.54) is 12.1 Å². The molecule has 0 fully saturated rings. The predicted molar refractivity (Wildman–Crippen MR) is 128 cm³/mol. The van der Waals surface area contributed by atoms with Crippen molar-refractivity contribution in [3.63, 3.8) is 0 Å². The third kappa shape index (κ3) is 5.42. The van der Waals surface area contributed by atoms with Gasteiger partial charge in [-0.1, -0.05) is 60.2 Å². The third-order valence-electron chi connectivity index (χ3n) is 5.07. The first-order chi connectivity index (χ1) is 15.2. The topological polar surface area (TPSA) is 78.8 Å². The molecule has 3 rings (SSSR count). The summed E-state index contributed by atoms with van der Waals surface area (Å²) in [5.74, 6) is -0.531. The Morgan fingerprint density at radius 3 is 2.19 bits per heavy atom. The van der Waals surface area contributed by atoms with E-state index in [0.29, 0.717) is 11.4 Å². The van der Waals surface area contributed by atoms with E-state index in [-0.39, 0.29) is 4.90 Å². The molecule has 32 heavy (non-hydrogen) atoms. The minimum absolute atomic E-state index is 0.119. The maximum absolute atomic E-state index is 13.4. The van der Waals surface area contributed by atoms with Gasteiger partial charge in [-0.15, -0.1) is 0 Å². The SMILES string of the molecule is C/C(=N/NC(=O)CN(c1cc(C)ccc1C)S(=O)(=O)c1ccccc1)c1ccc(C)cc1. The molecule has 7 heteroatoms. The highest BCUT2D eigenvalue weighted by atomic mass is 32.2. The molecular weight excluding hydrogens is 422 g/mol. The molecule has 0 saturated heterocycles. The van der Waals surface area contributed by atoms with Gasteiger partial charge in [0.25, 0.3) is 15.9 Å². The molecule has 0 aliphatic rings. The van der Waals surface area contributed by atoms with Crippen LogP contribution >= 0.6 is 0 Å². The van der Waals surface area contributed by atoms with Crippen LogP contribution in [0.5, 0.6) is 0 Å². The van der Waals surface area contributed by atoms with E-state index in [0.717, 1.165) is 26.6 Å². The number of carbonyl (C=O) groups is 1. The summed E-state index contributed by atoms with van der Waals surface area (Å²) in [6.07, 6.45) is 0. The number of carbonyl (C=O) groups excluding carboxylic acids is 1. The average molecular weight is 450 g/mol. The average Bonchev–Trinajstić information content (AvgIpc) is 2.78. The lowest BCUT2D eigenvalue weighted by Gasteiger charge is -2.25. The summed E-state index contributed by atoms with van der Waals surface area (Å²) in [7, 11) is -3.96. The van der Waals surface area contributed by atoms with Crippen LogP contribution in [-0.2, 0) is 14.8 Å². The second kappa shape index (κ2) is 9.78. The fourth-order valence-corrected chi connectivity index (χ4v) is 4.68. The maximum atomic E-state index is 13.4. The van der Waals surface area contributed by atoms with Gasteiger partial charge in [0.1, 0.15) is 6.54 Å². The van der Waals surface area contributed by atoms with Crippen LogP contribution in [-0.4, -0.2) is 26.6 Å². The molecule has 0 saturated carbocycles. The van der Waals surface area contributed by atoms with Crippen molar-refractivity contribution >= 4 is 27.3 Å². The summed E-state index contributed by atoms with van der Waals surface area (Å²) in [4.78, 5) is 12.9. The maximum Gasteiger partial charge on any atom is 0.264 e. The van der Waals surface area contributed by atoms with Crippen molar-refractivity contribution in [1.29, 1.82) is 0 Å². The molecule has 0 spiro atoms. The Morgan fingerprint density at radius 1 is 0.906 bits per heavy atom. The largest absolute Gasteiger partial charge is 0.271 e. The van der Waals surface area contributed by atoms with Gasteiger partial charge in [0.05, 0.1) is 16.3 Å². The Balaban J connectivity index is 1.90. The quantitative estimate of drug-likeness (QED) is 0.430. The molecule has 3 aromatic carbocycles. The summed E-state index contributed by atoms with van der Waals surface area (Å²) in [5, 5.41) is 4.16. The van der Waals surface area contributed by atoms with Crippen molar-refractivity contribution < 1.29 is 13.2 Å². The summed E-state index contributed by atoms with van der Waals surface area (Å²) in [6.45, 7) is 7.08. The van der Waals surface area contributed by atoms with E-state index < -0.39 is 22.5 Å². The molecule has 0 radical (unpaired) electrons. The van der Waals surface area contributed by atoms with E-state index in [9.17, 15) is 13.2 Å². The number of rotatable bonds is 7. The van der Waals surface area contributed by atoms with E-state index >= 15 is 0 Å². The Morgan fingerprint density at radius 2 is 1.53 bits per heavy atom. The zero-order valence-electron chi connectivity index (χ0n) is 18.7. The lowest BCUT2D eigenvalue weighted by atomic mass is 10.1. The van der Waals surface area contributed by atoms with Gasteiger partial charge in [-0.3, -0.25) is 9.10 Å². The number of nitrogens with one attached hydrogen (secondary N) is 1. The van der Waals surface area contributed by atoms with Crippen LogP contribution in [0.25, 0.3) is 0 Å². The second-order valence-corrected chi connectivity index (χ2v) is 9.58. The molecule has 1 amide bonds. The van der Waals surface area contributed by atoms with Crippen molar-refractivity contribution in [2.24, 2.45) is 5.10 Å². The fraction of sp³-hybridized carbons (Fsp3) is 0.200. The van der Waals surface area contributed by atoms with Crippen LogP contribution in [0.1, 0.15) is 29.2 Å². The van der Waals surface area contributed by atoms with Crippen molar-refractivity contribution in [3.8, 4) is 0 Å². The zero-order valence-corrected chi connectivity index (χ0v) is 19.5. The number of sulfonamides is 1. The predicted octanol–water partition coefficient (Wildman–Crippen LogP) is 4.35. The van der Waals surface area contributed by atoms with Crippen LogP contribution in [0.2, 0.25) is 0 Å². The molecule has 0 atom stereocenters. The lowest BCUT2D eigenvalue weighted by Crippen LogP contribution is -2.40. The number of hydrogen-bond donors (Lipinski definition) is 1. The summed E-state index contributed by atoms with van der Waals surface area (Å²) in [6, 6.07) is 21.4. The first-order valence-electron chi connectivity index (χ1n) is 10.2. The Bertz CT molecular complexity index is 1240. The number of amides is 1. The van der Waals surface area contributed by atoms with Crippen LogP contribution in [0.4, 0.5) is 5.69 Å². The molecule has 1 N–H and O–H groups in total. The van der Waals surface area contributed by atoms with Crippen LogP contribution in [0.3, 0.4) is 0 Å². The Hall–Kier alpha value is -3.45. The standard InChI is InChI=1S/C25H27N3O3S/c1-18-11-14-22(15-12-18)21(4)26-27-25(29)17-28(24-16-19(2)10-13-20(24)3)32(30,31)23-8-6-5-7-9-23/h5-16H,17H2,1-4H3,(H,27,29)/b26-21-. The molecule has 6 nitrogen and oxygen atoms in total. The second-order valence-electron chi connectivity index (χ2n) is 7.71. The van der Waals surface area contributed by atoms with Gasteiger partial charge in [0, 0.05) is 0 Å². The number of aryl methyl sites for hydroxylation is 3. The third-order valence-corrected chi connectivity index (χ3v) is 6.84. The Kier molecular flexibility index (Phi) is 7.10. The number of hydrogen-bond acceptors (Lipinski definition) is 4. The molecule has 0 bridgehead atoms. The van der Waals surface area contributed by atoms with Crippen molar-refractivity contribution in [1.82, 2.24) is 5.43 Å². The van der Waals surface area contributed by atoms with Crippen molar-refractivity contribution in [2.45, 2.75) is 32.6 Å². The van der Waals surface area contributed by atoms with Crippen molar-refractivity contribution in [3.05, 3.63) is 95.1 Å². The van der Waals surface area contributed by atoms with E-state index in [4.69, 9.17) is 0 Å². The molecule has 0 heterocycles. The molecule has 0 aliphatic heterocycles. The lowest BCUT2D eigenvalue weighted by molar-refractivity contribution is -0.119. The minimum Gasteiger partial charge on any atom is -0.271 e. The van der Waals surface area contributed by atoms with Gasteiger partial charge >= 0.3 is 0 Å². The molecule has 166 valence electrons. The normalized spacial score (nSPS) is 11.8. The van der Waals surface area contributed by atoms with Gasteiger partial charge < -0.3 is 0 Å². The summed E-state index contributed by atoms with van der Waals surface area (Å²) >= 11 is 0. The van der Waals surface area contributed by atoms with Crippen molar-refractivity contribution in [2.75, 3.05) is 10.8 Å².